The van der Waals surface area contributed by atoms with Crippen molar-refractivity contribution in [3.63, 3.8) is 0 Å². The molecule has 0 atom stereocenters. The van der Waals surface area contributed by atoms with Crippen molar-refractivity contribution in [2.45, 2.75) is 12.3 Å². The molecule has 0 radical (unpaired) electrons. The number of amides is 1. The van der Waals surface area contributed by atoms with Gasteiger partial charge in [-0.25, -0.2) is 4.98 Å². The van der Waals surface area contributed by atoms with Gasteiger partial charge in [0.1, 0.15) is 5.01 Å². The molecule has 5 aromatic rings. The topological polar surface area (TPSA) is 42.0 Å². The first-order valence-electron chi connectivity index (χ1n) is 11.4. The number of halogens is 1. The highest BCUT2D eigenvalue weighted by Gasteiger charge is 2.18. The smallest absolute Gasteiger partial charge is 0.225 e. The molecule has 1 heterocycles. The van der Waals surface area contributed by atoms with Gasteiger partial charge in [0.2, 0.25) is 5.91 Å². The Labute approximate surface area is 214 Å². The number of benzene rings is 4. The third-order valence-electron chi connectivity index (χ3n) is 5.85. The average molecular weight is 495 g/mol. The van der Waals surface area contributed by atoms with Crippen molar-refractivity contribution in [1.29, 1.82) is 0 Å². The van der Waals surface area contributed by atoms with Gasteiger partial charge in [0, 0.05) is 39.6 Å². The fraction of sp³-hybridized carbons (Fsp3) is 0.0667. The summed E-state index contributed by atoms with van der Waals surface area (Å²) in [6, 6.07) is 35.9. The van der Waals surface area contributed by atoms with Crippen LogP contribution in [-0.2, 0) is 4.79 Å². The predicted octanol–water partition coefficient (Wildman–Crippen LogP) is 8.29. The quantitative estimate of drug-likeness (QED) is 0.247. The summed E-state index contributed by atoms with van der Waals surface area (Å²) in [6.45, 7) is 0. The molecule has 0 saturated heterocycles. The minimum atomic E-state index is -0.0193. The molecule has 0 aliphatic rings. The van der Waals surface area contributed by atoms with E-state index in [1.807, 2.05) is 90.3 Å². The van der Waals surface area contributed by atoms with Crippen molar-refractivity contribution in [3.05, 3.63) is 131 Å². The Balaban J connectivity index is 1.28. The zero-order valence-corrected chi connectivity index (χ0v) is 20.5. The van der Waals surface area contributed by atoms with Crippen LogP contribution in [0.3, 0.4) is 0 Å². The first kappa shape index (κ1) is 23.0. The van der Waals surface area contributed by atoms with Crippen LogP contribution < -0.4 is 5.32 Å². The molecule has 0 unspecified atom stereocenters. The second-order valence-electron chi connectivity index (χ2n) is 8.25. The molecular formula is C30H23ClN2OS. The van der Waals surface area contributed by atoms with Gasteiger partial charge in [-0.15, -0.1) is 11.3 Å². The van der Waals surface area contributed by atoms with E-state index < -0.39 is 0 Å². The third-order valence-corrected chi connectivity index (χ3v) is 7.00. The first-order valence-corrected chi connectivity index (χ1v) is 12.6. The molecule has 0 spiro atoms. The Morgan fingerprint density at radius 2 is 1.34 bits per heavy atom. The molecule has 1 aromatic heterocycles. The van der Waals surface area contributed by atoms with Crippen LogP contribution in [-0.4, -0.2) is 10.9 Å². The second kappa shape index (κ2) is 10.7. The Hall–Kier alpha value is -3.73. The second-order valence-corrected chi connectivity index (χ2v) is 9.54. The molecule has 0 bridgehead atoms. The maximum absolute atomic E-state index is 13.0. The van der Waals surface area contributed by atoms with Crippen molar-refractivity contribution in [3.8, 4) is 21.8 Å². The van der Waals surface area contributed by atoms with E-state index in [0.717, 1.165) is 38.6 Å². The monoisotopic (exact) mass is 494 g/mol. The van der Waals surface area contributed by atoms with E-state index in [1.54, 1.807) is 11.3 Å². The number of carbonyl (C=O) groups is 1. The van der Waals surface area contributed by atoms with Crippen LogP contribution in [0.1, 0.15) is 23.5 Å². The molecular weight excluding hydrogens is 472 g/mol. The minimum Gasteiger partial charge on any atom is -0.326 e. The van der Waals surface area contributed by atoms with Crippen LogP contribution in [0.2, 0.25) is 5.02 Å². The van der Waals surface area contributed by atoms with Gasteiger partial charge in [0.25, 0.3) is 0 Å². The summed E-state index contributed by atoms with van der Waals surface area (Å²) in [6.07, 6.45) is 0.367. The molecule has 0 fully saturated rings. The highest BCUT2D eigenvalue weighted by Crippen LogP contribution is 2.31. The van der Waals surface area contributed by atoms with Crippen molar-refractivity contribution in [2.24, 2.45) is 0 Å². The number of hydrogen-bond acceptors (Lipinski definition) is 3. The number of carbonyl (C=O) groups excluding carboxylic acids is 1. The average Bonchev–Trinajstić information content (AvgIpc) is 3.39. The molecule has 0 aliphatic carbocycles. The number of thiazole rings is 1. The normalized spacial score (nSPS) is 10.9. The number of aromatic nitrogens is 1. The van der Waals surface area contributed by atoms with Crippen molar-refractivity contribution < 1.29 is 4.79 Å². The van der Waals surface area contributed by atoms with Gasteiger partial charge >= 0.3 is 0 Å². The van der Waals surface area contributed by atoms with E-state index in [1.165, 1.54) is 0 Å². The van der Waals surface area contributed by atoms with Crippen LogP contribution in [0, 0.1) is 0 Å². The number of rotatable bonds is 7. The molecule has 35 heavy (non-hydrogen) atoms. The van der Waals surface area contributed by atoms with E-state index in [0.29, 0.717) is 11.4 Å². The SMILES string of the molecule is O=C(CC(c1ccccc1)c1ccccc1)Nc1ccc(-c2csc(-c3ccc(Cl)cc3)n2)cc1. The van der Waals surface area contributed by atoms with Crippen molar-refractivity contribution in [2.75, 3.05) is 5.32 Å². The molecule has 4 aromatic carbocycles. The first-order chi connectivity index (χ1) is 17.2. The lowest BCUT2D eigenvalue weighted by Crippen LogP contribution is -2.16. The molecule has 5 rings (SSSR count). The maximum atomic E-state index is 13.0. The molecule has 5 heteroatoms. The highest BCUT2D eigenvalue weighted by molar-refractivity contribution is 7.13. The lowest BCUT2D eigenvalue weighted by atomic mass is 9.88. The molecule has 3 nitrogen and oxygen atoms in total. The lowest BCUT2D eigenvalue weighted by molar-refractivity contribution is -0.116. The largest absolute Gasteiger partial charge is 0.326 e. The van der Waals surface area contributed by atoms with Gasteiger partial charge in [0.05, 0.1) is 5.69 Å². The number of hydrogen-bond donors (Lipinski definition) is 1. The van der Waals surface area contributed by atoms with Gasteiger partial charge in [0.15, 0.2) is 0 Å². The van der Waals surface area contributed by atoms with Crippen LogP contribution >= 0.6 is 22.9 Å². The van der Waals surface area contributed by atoms with Crippen LogP contribution in [0.25, 0.3) is 21.8 Å². The Kier molecular flexibility index (Phi) is 7.03. The zero-order chi connectivity index (χ0) is 24.0. The van der Waals surface area contributed by atoms with E-state index in [4.69, 9.17) is 16.6 Å². The fourth-order valence-electron chi connectivity index (χ4n) is 4.05. The van der Waals surface area contributed by atoms with Crippen LogP contribution in [0.5, 0.6) is 0 Å². The summed E-state index contributed by atoms with van der Waals surface area (Å²) in [7, 11) is 0. The van der Waals surface area contributed by atoms with Gasteiger partial charge in [-0.3, -0.25) is 4.79 Å². The summed E-state index contributed by atoms with van der Waals surface area (Å²) >= 11 is 7.59. The summed E-state index contributed by atoms with van der Waals surface area (Å²) in [4.78, 5) is 17.7. The standard InChI is InChI=1S/C30H23ClN2OS/c31-25-15-11-24(12-16-25)30-33-28(20-35-30)23-13-17-26(18-14-23)32-29(34)19-27(21-7-3-1-4-8-21)22-9-5-2-6-10-22/h1-18,20,27H,19H2,(H,32,34). The van der Waals surface area contributed by atoms with E-state index in [9.17, 15) is 4.79 Å². The lowest BCUT2D eigenvalue weighted by Gasteiger charge is -2.18. The molecule has 0 aliphatic heterocycles. The van der Waals surface area contributed by atoms with E-state index in [-0.39, 0.29) is 11.8 Å². The molecule has 1 N–H and O–H groups in total. The van der Waals surface area contributed by atoms with Gasteiger partial charge in [-0.05, 0) is 35.4 Å². The fourth-order valence-corrected chi connectivity index (χ4v) is 5.01. The Bertz CT molecular complexity index is 1360. The van der Waals surface area contributed by atoms with Crippen LogP contribution in [0.15, 0.2) is 115 Å². The van der Waals surface area contributed by atoms with E-state index in [2.05, 4.69) is 29.6 Å². The summed E-state index contributed by atoms with van der Waals surface area (Å²) in [5.74, 6) is -0.0212. The van der Waals surface area contributed by atoms with Gasteiger partial charge < -0.3 is 5.32 Å². The van der Waals surface area contributed by atoms with E-state index >= 15 is 0 Å². The number of nitrogens with one attached hydrogen (secondary N) is 1. The predicted molar refractivity (Wildman–Crippen MR) is 146 cm³/mol. The zero-order valence-electron chi connectivity index (χ0n) is 18.9. The highest BCUT2D eigenvalue weighted by atomic mass is 35.5. The summed E-state index contributed by atoms with van der Waals surface area (Å²) in [5.41, 5.74) is 5.98. The summed E-state index contributed by atoms with van der Waals surface area (Å²) in [5, 5.41) is 6.76. The Morgan fingerprint density at radius 1 is 0.771 bits per heavy atom. The third kappa shape index (κ3) is 5.68. The van der Waals surface area contributed by atoms with Crippen LogP contribution in [0.4, 0.5) is 5.69 Å². The minimum absolute atomic E-state index is 0.00188. The maximum Gasteiger partial charge on any atom is 0.225 e. The van der Waals surface area contributed by atoms with Crippen molar-refractivity contribution in [1.82, 2.24) is 4.98 Å². The van der Waals surface area contributed by atoms with Gasteiger partial charge in [-0.1, -0.05) is 96.5 Å². The molecule has 1 amide bonds. The number of anilines is 1. The summed E-state index contributed by atoms with van der Waals surface area (Å²) < 4.78 is 0. The van der Waals surface area contributed by atoms with Crippen molar-refractivity contribution >= 4 is 34.5 Å². The molecule has 172 valence electrons. The molecule has 0 saturated carbocycles. The van der Waals surface area contributed by atoms with Gasteiger partial charge in [-0.2, -0.15) is 0 Å². The Morgan fingerprint density at radius 3 is 1.94 bits per heavy atom. The number of nitrogens with zero attached hydrogens (tertiary/aromatic N) is 1.